The van der Waals surface area contributed by atoms with Crippen LogP contribution in [0.15, 0.2) is 66.9 Å². The highest BCUT2D eigenvalue weighted by Crippen LogP contribution is 2.24. The number of aromatic nitrogens is 3. The summed E-state index contributed by atoms with van der Waals surface area (Å²) in [6.07, 6.45) is 1.66. The van der Waals surface area contributed by atoms with Crippen LogP contribution in [0.1, 0.15) is 24.2 Å². The van der Waals surface area contributed by atoms with Gasteiger partial charge in [0.15, 0.2) is 0 Å². The van der Waals surface area contributed by atoms with Crippen molar-refractivity contribution in [1.29, 1.82) is 0 Å². The largest absolute Gasteiger partial charge is 0.331 e. The first-order valence-electron chi connectivity index (χ1n) is 9.51. The van der Waals surface area contributed by atoms with Crippen LogP contribution in [0.3, 0.4) is 0 Å². The Balaban J connectivity index is 1.58. The maximum atomic E-state index is 13.3. The third kappa shape index (κ3) is 3.99. The summed E-state index contributed by atoms with van der Waals surface area (Å²) in [6, 6.07) is 16.9. The summed E-state index contributed by atoms with van der Waals surface area (Å²) in [5, 5.41) is 10.8. The molecule has 2 amide bonds. The molecule has 0 radical (unpaired) electrons. The number of rotatable bonds is 5. The standard InChI is InChI=1S/C22H21FN6O/c1-14(15-5-3-2-4-6-15)26-22(30)28-20-11-16-13-25-29(21(16)19(12-24)27-20)18-9-7-17(23)8-10-18/h2-11,13-14H,12,24H2,1H3,(H2,26,27,28,30)/t14-/m1/s1. The molecule has 2 heterocycles. The molecule has 4 rings (SSSR count). The second-order valence-corrected chi connectivity index (χ2v) is 6.86. The van der Waals surface area contributed by atoms with E-state index in [9.17, 15) is 9.18 Å². The molecule has 2 aromatic heterocycles. The number of pyridine rings is 1. The van der Waals surface area contributed by atoms with Crippen LogP contribution in [0, 0.1) is 5.82 Å². The van der Waals surface area contributed by atoms with Crippen molar-refractivity contribution >= 4 is 22.8 Å². The summed E-state index contributed by atoms with van der Waals surface area (Å²) in [5.41, 5.74) is 8.89. The zero-order chi connectivity index (χ0) is 21.1. The summed E-state index contributed by atoms with van der Waals surface area (Å²) in [4.78, 5) is 16.9. The molecule has 2 aromatic carbocycles. The van der Waals surface area contributed by atoms with Crippen molar-refractivity contribution in [3.05, 3.63) is 83.9 Å². The van der Waals surface area contributed by atoms with Crippen LogP contribution in [-0.4, -0.2) is 20.8 Å². The Morgan fingerprint density at radius 2 is 1.90 bits per heavy atom. The maximum absolute atomic E-state index is 13.3. The van der Waals surface area contributed by atoms with Gasteiger partial charge in [0, 0.05) is 11.9 Å². The van der Waals surface area contributed by atoms with E-state index in [1.54, 1.807) is 29.1 Å². The fraction of sp³-hybridized carbons (Fsp3) is 0.136. The molecule has 0 saturated heterocycles. The summed E-state index contributed by atoms with van der Waals surface area (Å²) < 4.78 is 14.9. The number of carbonyl (C=O) groups excluding carboxylic acids is 1. The maximum Gasteiger partial charge on any atom is 0.320 e. The van der Waals surface area contributed by atoms with Crippen LogP contribution in [0.4, 0.5) is 15.0 Å². The smallest absolute Gasteiger partial charge is 0.320 e. The number of amides is 2. The molecule has 0 unspecified atom stereocenters. The first kappa shape index (κ1) is 19.5. The number of urea groups is 1. The lowest BCUT2D eigenvalue weighted by Crippen LogP contribution is -2.31. The number of nitrogens with two attached hydrogens (primary N) is 1. The molecule has 4 aromatic rings. The van der Waals surface area contributed by atoms with Gasteiger partial charge >= 0.3 is 6.03 Å². The van der Waals surface area contributed by atoms with E-state index in [-0.39, 0.29) is 24.4 Å². The summed E-state index contributed by atoms with van der Waals surface area (Å²) >= 11 is 0. The number of hydrogen-bond donors (Lipinski definition) is 3. The van der Waals surface area contributed by atoms with Gasteiger partial charge in [0.05, 0.1) is 29.1 Å². The van der Waals surface area contributed by atoms with Gasteiger partial charge in [-0.2, -0.15) is 5.10 Å². The predicted molar refractivity (Wildman–Crippen MR) is 114 cm³/mol. The summed E-state index contributed by atoms with van der Waals surface area (Å²) in [7, 11) is 0. The molecule has 0 fully saturated rings. The van der Waals surface area contributed by atoms with Crippen molar-refractivity contribution in [2.45, 2.75) is 19.5 Å². The third-order valence-electron chi connectivity index (χ3n) is 4.77. The van der Waals surface area contributed by atoms with Gasteiger partial charge < -0.3 is 11.1 Å². The molecule has 4 N–H and O–H groups in total. The normalized spacial score (nSPS) is 12.0. The zero-order valence-corrected chi connectivity index (χ0v) is 16.3. The fourth-order valence-electron chi connectivity index (χ4n) is 3.29. The first-order valence-corrected chi connectivity index (χ1v) is 9.51. The van der Waals surface area contributed by atoms with Gasteiger partial charge in [0.1, 0.15) is 11.6 Å². The van der Waals surface area contributed by atoms with Crippen LogP contribution in [0.5, 0.6) is 0 Å². The van der Waals surface area contributed by atoms with E-state index in [1.807, 2.05) is 37.3 Å². The van der Waals surface area contributed by atoms with Gasteiger partial charge in [-0.25, -0.2) is 18.9 Å². The van der Waals surface area contributed by atoms with E-state index in [4.69, 9.17) is 5.73 Å². The number of halogens is 1. The zero-order valence-electron chi connectivity index (χ0n) is 16.3. The number of nitrogens with one attached hydrogen (secondary N) is 2. The minimum atomic E-state index is -0.368. The van der Waals surface area contributed by atoms with Crippen LogP contribution < -0.4 is 16.4 Å². The molecular weight excluding hydrogens is 383 g/mol. The lowest BCUT2D eigenvalue weighted by atomic mass is 10.1. The number of fused-ring (bicyclic) bond motifs is 1. The van der Waals surface area contributed by atoms with Crippen molar-refractivity contribution in [3.8, 4) is 5.69 Å². The quantitative estimate of drug-likeness (QED) is 0.470. The van der Waals surface area contributed by atoms with Crippen LogP contribution in [0.2, 0.25) is 0 Å². The van der Waals surface area contributed by atoms with E-state index in [2.05, 4.69) is 20.7 Å². The molecule has 7 nitrogen and oxygen atoms in total. The Bertz CT molecular complexity index is 1170. The van der Waals surface area contributed by atoms with Gasteiger partial charge in [-0.15, -0.1) is 0 Å². The van der Waals surface area contributed by atoms with E-state index >= 15 is 0 Å². The Hall–Kier alpha value is -3.78. The minimum absolute atomic E-state index is 0.154. The molecule has 0 aliphatic rings. The Kier molecular flexibility index (Phi) is 5.40. The topological polar surface area (TPSA) is 97.9 Å². The average Bonchev–Trinajstić information content (AvgIpc) is 3.18. The van der Waals surface area contributed by atoms with Crippen molar-refractivity contribution < 1.29 is 9.18 Å². The van der Waals surface area contributed by atoms with Crippen molar-refractivity contribution in [1.82, 2.24) is 20.1 Å². The number of benzene rings is 2. The van der Waals surface area contributed by atoms with Crippen LogP contribution in [-0.2, 0) is 6.54 Å². The SMILES string of the molecule is C[C@@H](NC(=O)Nc1cc2cnn(-c3ccc(F)cc3)c2c(CN)n1)c1ccccc1. The van der Waals surface area contributed by atoms with E-state index in [0.29, 0.717) is 22.7 Å². The van der Waals surface area contributed by atoms with Gasteiger partial charge in [-0.1, -0.05) is 30.3 Å². The van der Waals surface area contributed by atoms with E-state index < -0.39 is 0 Å². The second-order valence-electron chi connectivity index (χ2n) is 6.86. The highest BCUT2D eigenvalue weighted by molar-refractivity contribution is 5.92. The molecule has 152 valence electrons. The van der Waals surface area contributed by atoms with Crippen LogP contribution >= 0.6 is 0 Å². The highest BCUT2D eigenvalue weighted by atomic mass is 19.1. The minimum Gasteiger partial charge on any atom is -0.331 e. The number of anilines is 1. The number of nitrogens with zero attached hydrogens (tertiary/aromatic N) is 3. The first-order chi connectivity index (χ1) is 14.5. The molecule has 0 aliphatic heterocycles. The van der Waals surface area contributed by atoms with Crippen LogP contribution in [0.25, 0.3) is 16.6 Å². The molecular formula is C22H21FN6O. The monoisotopic (exact) mass is 404 g/mol. The van der Waals surface area contributed by atoms with Gasteiger partial charge in [-0.05, 0) is 42.8 Å². The summed E-state index contributed by atoms with van der Waals surface area (Å²) in [5.74, 6) is 0.0500. The molecule has 30 heavy (non-hydrogen) atoms. The molecule has 0 aliphatic carbocycles. The molecule has 0 saturated carbocycles. The third-order valence-corrected chi connectivity index (χ3v) is 4.77. The number of carbonyl (C=O) groups is 1. The second kappa shape index (κ2) is 8.30. The lowest BCUT2D eigenvalue weighted by Gasteiger charge is -2.15. The molecule has 0 spiro atoms. The predicted octanol–water partition coefficient (Wildman–Crippen LogP) is 3.90. The Morgan fingerprint density at radius 3 is 2.60 bits per heavy atom. The molecule has 0 bridgehead atoms. The van der Waals surface area contributed by atoms with Gasteiger partial charge in [0.2, 0.25) is 0 Å². The Morgan fingerprint density at radius 1 is 1.17 bits per heavy atom. The van der Waals surface area contributed by atoms with Gasteiger partial charge in [0.25, 0.3) is 0 Å². The highest BCUT2D eigenvalue weighted by Gasteiger charge is 2.15. The number of hydrogen-bond acceptors (Lipinski definition) is 4. The average molecular weight is 404 g/mol. The van der Waals surface area contributed by atoms with Gasteiger partial charge in [-0.3, -0.25) is 5.32 Å². The van der Waals surface area contributed by atoms with Crippen molar-refractivity contribution in [3.63, 3.8) is 0 Å². The Labute approximate surface area is 172 Å². The lowest BCUT2D eigenvalue weighted by molar-refractivity contribution is 0.249. The van der Waals surface area contributed by atoms with Crippen molar-refractivity contribution in [2.75, 3.05) is 5.32 Å². The molecule has 1 atom stereocenters. The fourth-order valence-corrected chi connectivity index (χ4v) is 3.29. The van der Waals surface area contributed by atoms with E-state index in [0.717, 1.165) is 10.9 Å². The van der Waals surface area contributed by atoms with Crippen molar-refractivity contribution in [2.24, 2.45) is 5.73 Å². The van der Waals surface area contributed by atoms with E-state index in [1.165, 1.54) is 12.1 Å². The molecule has 8 heteroatoms. The summed E-state index contributed by atoms with van der Waals surface area (Å²) in [6.45, 7) is 2.06.